The van der Waals surface area contributed by atoms with Gasteiger partial charge in [-0.3, -0.25) is 9.59 Å². The molecule has 1 aromatic carbocycles. The lowest BCUT2D eigenvalue weighted by atomic mass is 9.80. The van der Waals surface area contributed by atoms with Crippen LogP contribution in [0.15, 0.2) is 42.6 Å². The van der Waals surface area contributed by atoms with Crippen LogP contribution in [0.5, 0.6) is 0 Å². The van der Waals surface area contributed by atoms with Gasteiger partial charge in [-0.1, -0.05) is 24.0 Å². The standard InChI is InChI=1S/C30H40FN7O3/c1-21(38(4)27(39)11-7-15-37(2)3)29(40)34-26-17-22(18-26)12-13-23-20-33-30(35-25-10-6-9-24(31)19-25)36-28(23)32-14-8-16-41-5/h6-7,9-11,19-22,26H,8,14-18H2,1-5H3,(H,34,40)(H2,32,33,35,36)/b11-7+/t21-,22-,26+/m0/s1. The molecule has 10 nitrogen and oxygen atoms in total. The minimum Gasteiger partial charge on any atom is -0.385 e. The molecule has 0 bridgehead atoms. The van der Waals surface area contributed by atoms with E-state index in [4.69, 9.17) is 4.74 Å². The van der Waals surface area contributed by atoms with Crippen LogP contribution in [0.4, 0.5) is 21.8 Å². The molecule has 0 unspecified atom stereocenters. The van der Waals surface area contributed by atoms with Gasteiger partial charge in [0.25, 0.3) is 0 Å². The van der Waals surface area contributed by atoms with Gasteiger partial charge in [0.05, 0.1) is 11.8 Å². The van der Waals surface area contributed by atoms with Gasteiger partial charge in [0.1, 0.15) is 17.7 Å². The van der Waals surface area contributed by atoms with E-state index in [1.165, 1.54) is 23.1 Å². The second-order valence-corrected chi connectivity index (χ2v) is 10.3. The molecule has 1 aromatic heterocycles. The summed E-state index contributed by atoms with van der Waals surface area (Å²) in [4.78, 5) is 37.3. The maximum atomic E-state index is 13.6. The van der Waals surface area contributed by atoms with Gasteiger partial charge < -0.3 is 30.5 Å². The number of rotatable bonds is 13. The Balaban J connectivity index is 1.56. The summed E-state index contributed by atoms with van der Waals surface area (Å²) < 4.78 is 18.7. The molecule has 1 saturated carbocycles. The molecule has 0 spiro atoms. The number of ether oxygens (including phenoxy) is 1. The predicted molar refractivity (Wildman–Crippen MR) is 158 cm³/mol. The fourth-order valence-electron chi connectivity index (χ4n) is 3.99. The molecule has 2 amide bonds. The summed E-state index contributed by atoms with van der Waals surface area (Å²) in [6, 6.07) is 5.51. The van der Waals surface area contributed by atoms with Crippen LogP contribution in [0, 0.1) is 23.6 Å². The van der Waals surface area contributed by atoms with Crippen molar-refractivity contribution in [1.29, 1.82) is 0 Å². The summed E-state index contributed by atoms with van der Waals surface area (Å²) in [7, 11) is 7.12. The Morgan fingerprint density at radius 2 is 2.05 bits per heavy atom. The average molecular weight is 566 g/mol. The third-order valence-corrected chi connectivity index (χ3v) is 6.62. The van der Waals surface area contributed by atoms with Crippen molar-refractivity contribution in [1.82, 2.24) is 25.1 Å². The van der Waals surface area contributed by atoms with Gasteiger partial charge in [0.2, 0.25) is 17.8 Å². The van der Waals surface area contributed by atoms with Crippen LogP contribution in [0.3, 0.4) is 0 Å². The van der Waals surface area contributed by atoms with Gasteiger partial charge >= 0.3 is 0 Å². The van der Waals surface area contributed by atoms with E-state index in [0.29, 0.717) is 42.7 Å². The lowest BCUT2D eigenvalue weighted by Crippen LogP contribution is -2.51. The number of nitrogens with zero attached hydrogens (tertiary/aromatic N) is 4. The minimum absolute atomic E-state index is 0.0118. The number of hydrogen-bond donors (Lipinski definition) is 3. The first-order valence-electron chi connectivity index (χ1n) is 13.7. The van der Waals surface area contributed by atoms with Crippen LogP contribution < -0.4 is 16.0 Å². The molecule has 3 N–H and O–H groups in total. The number of hydrogen-bond acceptors (Lipinski definition) is 8. The van der Waals surface area contributed by atoms with Crippen LogP contribution in [0.1, 0.15) is 31.7 Å². The van der Waals surface area contributed by atoms with Gasteiger partial charge in [-0.15, -0.1) is 0 Å². The normalized spacial score (nSPS) is 16.9. The SMILES string of the molecule is COCCCNc1nc(Nc2cccc(F)c2)ncc1C#C[C@H]1C[C@@H](NC(=O)[C@H](C)N(C)C(=O)/C=C/CN(C)C)C1. The van der Waals surface area contributed by atoms with Crippen LogP contribution >= 0.6 is 0 Å². The van der Waals surface area contributed by atoms with Crippen molar-refractivity contribution in [2.45, 2.75) is 38.3 Å². The molecule has 1 aliphatic carbocycles. The molecule has 1 fully saturated rings. The van der Waals surface area contributed by atoms with E-state index in [1.54, 1.807) is 45.5 Å². The largest absolute Gasteiger partial charge is 0.385 e. The second-order valence-electron chi connectivity index (χ2n) is 10.3. The van der Waals surface area contributed by atoms with Crippen molar-refractivity contribution in [2.24, 2.45) is 5.92 Å². The summed E-state index contributed by atoms with van der Waals surface area (Å²) >= 11 is 0. The highest BCUT2D eigenvalue weighted by molar-refractivity contribution is 5.92. The Labute approximate surface area is 241 Å². The van der Waals surface area contributed by atoms with E-state index < -0.39 is 6.04 Å². The first kappa shape index (κ1) is 31.5. The number of carbonyl (C=O) groups is 2. The summed E-state index contributed by atoms with van der Waals surface area (Å²) in [5.74, 6) is 6.72. The van der Waals surface area contributed by atoms with E-state index in [9.17, 15) is 14.0 Å². The Morgan fingerprint density at radius 3 is 2.76 bits per heavy atom. The summed E-state index contributed by atoms with van der Waals surface area (Å²) in [5, 5.41) is 9.33. The van der Waals surface area contributed by atoms with Gasteiger partial charge in [0.15, 0.2) is 0 Å². The minimum atomic E-state index is -0.583. The smallest absolute Gasteiger partial charge is 0.246 e. The fourth-order valence-corrected chi connectivity index (χ4v) is 3.99. The molecule has 0 radical (unpaired) electrons. The van der Waals surface area contributed by atoms with Crippen molar-refractivity contribution in [3.8, 4) is 11.8 Å². The molecular formula is C30H40FN7O3. The second kappa shape index (κ2) is 15.7. The molecule has 0 saturated heterocycles. The Kier molecular flexibility index (Phi) is 12.1. The van der Waals surface area contributed by atoms with Gasteiger partial charge in [-0.25, -0.2) is 9.37 Å². The number of anilines is 3. The van der Waals surface area contributed by atoms with Crippen molar-refractivity contribution in [3.05, 3.63) is 54.0 Å². The number of aromatic nitrogens is 2. The number of likely N-dealkylation sites (N-methyl/N-ethyl adjacent to an activating group) is 2. The van der Waals surface area contributed by atoms with Crippen molar-refractivity contribution >= 4 is 29.3 Å². The fraction of sp³-hybridized carbons (Fsp3) is 0.467. The van der Waals surface area contributed by atoms with E-state index in [-0.39, 0.29) is 29.6 Å². The van der Waals surface area contributed by atoms with Gasteiger partial charge in [-0.05, 0) is 58.5 Å². The molecule has 3 rings (SSSR count). The maximum absolute atomic E-state index is 13.6. The third kappa shape index (κ3) is 10.2. The highest BCUT2D eigenvalue weighted by Crippen LogP contribution is 2.27. The number of methoxy groups -OCH3 is 1. The zero-order valence-electron chi connectivity index (χ0n) is 24.4. The Morgan fingerprint density at radius 1 is 1.27 bits per heavy atom. The average Bonchev–Trinajstić information content (AvgIpc) is 2.91. The molecule has 220 valence electrons. The number of halogens is 1. The van der Waals surface area contributed by atoms with E-state index in [0.717, 1.165) is 19.3 Å². The summed E-state index contributed by atoms with van der Waals surface area (Å²) in [5.41, 5.74) is 1.19. The zero-order valence-corrected chi connectivity index (χ0v) is 24.4. The molecule has 41 heavy (non-hydrogen) atoms. The van der Waals surface area contributed by atoms with Gasteiger partial charge in [0, 0.05) is 57.6 Å². The Bertz CT molecular complexity index is 1270. The predicted octanol–water partition coefficient (Wildman–Crippen LogP) is 3.02. The summed E-state index contributed by atoms with van der Waals surface area (Å²) in [6.45, 7) is 3.62. The molecule has 1 heterocycles. The van der Waals surface area contributed by atoms with Crippen LogP contribution in [0.25, 0.3) is 0 Å². The van der Waals surface area contributed by atoms with Crippen molar-refractivity contribution in [3.63, 3.8) is 0 Å². The molecule has 2 aromatic rings. The van der Waals surface area contributed by atoms with Crippen LogP contribution in [0.2, 0.25) is 0 Å². The molecular weight excluding hydrogens is 525 g/mol. The highest BCUT2D eigenvalue weighted by Gasteiger charge is 2.31. The number of amides is 2. The van der Waals surface area contributed by atoms with Crippen molar-refractivity contribution < 1.29 is 18.7 Å². The van der Waals surface area contributed by atoms with Crippen molar-refractivity contribution in [2.75, 3.05) is 58.6 Å². The summed E-state index contributed by atoms with van der Waals surface area (Å²) in [6.07, 6.45) is 7.15. The monoisotopic (exact) mass is 565 g/mol. The topological polar surface area (TPSA) is 112 Å². The van der Waals surface area contributed by atoms with Crippen LogP contribution in [-0.4, -0.2) is 91.6 Å². The molecule has 1 atom stereocenters. The Hall–Kier alpha value is -4.01. The highest BCUT2D eigenvalue weighted by atomic mass is 19.1. The maximum Gasteiger partial charge on any atom is 0.246 e. The molecule has 0 aliphatic heterocycles. The molecule has 1 aliphatic rings. The zero-order chi connectivity index (χ0) is 29.8. The lowest BCUT2D eigenvalue weighted by Gasteiger charge is -2.34. The van der Waals surface area contributed by atoms with E-state index in [2.05, 4.69) is 37.8 Å². The van der Waals surface area contributed by atoms with E-state index in [1.807, 2.05) is 19.0 Å². The number of carbonyl (C=O) groups excluding carboxylic acids is 2. The lowest BCUT2D eigenvalue weighted by molar-refractivity contribution is -0.135. The van der Waals surface area contributed by atoms with Crippen LogP contribution in [-0.2, 0) is 14.3 Å². The van der Waals surface area contributed by atoms with E-state index >= 15 is 0 Å². The molecule has 11 heteroatoms. The third-order valence-electron chi connectivity index (χ3n) is 6.62. The number of nitrogens with one attached hydrogen (secondary N) is 3. The quantitative estimate of drug-likeness (QED) is 0.193. The first-order valence-corrected chi connectivity index (χ1v) is 13.7. The number of benzene rings is 1. The van der Waals surface area contributed by atoms with Gasteiger partial charge in [-0.2, -0.15) is 4.98 Å². The first-order chi connectivity index (χ1) is 19.7.